The van der Waals surface area contributed by atoms with Crippen molar-refractivity contribution in [3.8, 4) is 0 Å². The van der Waals surface area contributed by atoms with Gasteiger partial charge in [-0.2, -0.15) is 0 Å². The second-order valence-electron chi connectivity index (χ2n) is 8.19. The lowest BCUT2D eigenvalue weighted by Crippen LogP contribution is -2.53. The molecule has 0 saturated carbocycles. The van der Waals surface area contributed by atoms with E-state index in [9.17, 15) is 13.6 Å². The molecule has 1 aliphatic heterocycles. The Morgan fingerprint density at radius 2 is 1.82 bits per heavy atom. The molecule has 1 aliphatic rings. The molecule has 1 amide bonds. The number of nitrogens with one attached hydrogen (secondary N) is 1. The van der Waals surface area contributed by atoms with E-state index in [0.29, 0.717) is 5.56 Å². The summed E-state index contributed by atoms with van der Waals surface area (Å²) >= 11 is 0. The number of likely N-dealkylation sites (tertiary alicyclic amines) is 1. The molecule has 2 aromatic rings. The van der Waals surface area contributed by atoms with E-state index in [0.717, 1.165) is 43.1 Å². The fourth-order valence-electron chi connectivity index (χ4n) is 4.06. The Balaban J connectivity index is 1.86. The van der Waals surface area contributed by atoms with Gasteiger partial charge in [0.2, 0.25) is 5.91 Å². The molecule has 1 heterocycles. The number of hydrogen-bond donors (Lipinski definition) is 1. The molecule has 1 saturated heterocycles. The lowest BCUT2D eigenvalue weighted by atomic mass is 9.86. The van der Waals surface area contributed by atoms with E-state index in [1.807, 2.05) is 31.2 Å². The zero-order valence-electron chi connectivity index (χ0n) is 16.8. The van der Waals surface area contributed by atoms with Crippen molar-refractivity contribution in [1.82, 2.24) is 10.2 Å². The monoisotopic (exact) mass is 386 g/mol. The van der Waals surface area contributed by atoms with Gasteiger partial charge >= 0.3 is 0 Å². The molecular weight excluding hydrogens is 358 g/mol. The van der Waals surface area contributed by atoms with Gasteiger partial charge in [0.25, 0.3) is 0 Å². The van der Waals surface area contributed by atoms with Crippen LogP contribution >= 0.6 is 0 Å². The van der Waals surface area contributed by atoms with Gasteiger partial charge < -0.3 is 5.32 Å². The number of nitrogens with zero attached hydrogens (tertiary/aromatic N) is 1. The van der Waals surface area contributed by atoms with Crippen LogP contribution in [0.25, 0.3) is 0 Å². The predicted molar refractivity (Wildman–Crippen MR) is 107 cm³/mol. The maximum Gasteiger partial charge on any atom is 0.224 e. The largest absolute Gasteiger partial charge is 0.347 e. The van der Waals surface area contributed by atoms with E-state index < -0.39 is 23.2 Å². The molecule has 28 heavy (non-hydrogen) atoms. The summed E-state index contributed by atoms with van der Waals surface area (Å²) in [5, 5.41) is 3.10. The average molecular weight is 386 g/mol. The maximum absolute atomic E-state index is 13.9. The molecule has 3 nitrogen and oxygen atoms in total. The Morgan fingerprint density at radius 1 is 1.11 bits per heavy atom. The summed E-state index contributed by atoms with van der Waals surface area (Å²) in [4.78, 5) is 15.1. The van der Waals surface area contributed by atoms with E-state index in [-0.39, 0.29) is 12.3 Å². The molecule has 0 radical (unpaired) electrons. The van der Waals surface area contributed by atoms with Crippen LogP contribution in [0.5, 0.6) is 0 Å². The highest BCUT2D eigenvalue weighted by atomic mass is 19.2. The summed E-state index contributed by atoms with van der Waals surface area (Å²) in [7, 11) is 0. The molecule has 0 aromatic heterocycles. The minimum Gasteiger partial charge on any atom is -0.347 e. The van der Waals surface area contributed by atoms with Crippen LogP contribution in [0.4, 0.5) is 8.78 Å². The summed E-state index contributed by atoms with van der Waals surface area (Å²) in [6.07, 6.45) is 2.45. The number of amides is 1. The van der Waals surface area contributed by atoms with Crippen LogP contribution in [0.1, 0.15) is 49.4 Å². The number of benzene rings is 2. The average Bonchev–Trinajstić information content (AvgIpc) is 3.18. The van der Waals surface area contributed by atoms with Crippen molar-refractivity contribution >= 4 is 5.91 Å². The Kier molecular flexibility index (Phi) is 6.14. The number of aryl methyl sites for hydroxylation is 1. The van der Waals surface area contributed by atoms with Gasteiger partial charge in [-0.3, -0.25) is 9.69 Å². The summed E-state index contributed by atoms with van der Waals surface area (Å²) in [5.41, 5.74) is 2.18. The zero-order chi connectivity index (χ0) is 20.3. The standard InChI is InChI=1S/C23H28F2N2O/c1-16-7-6-8-17(13-16)14-21(28)26-22(18-9-10-19(24)20(25)15-18)23(2,3)27-11-4-5-12-27/h6-10,13,15,22H,4-5,11-12,14H2,1-3H3,(H,26,28). The third-order valence-electron chi connectivity index (χ3n) is 5.66. The van der Waals surface area contributed by atoms with E-state index in [4.69, 9.17) is 0 Å². The van der Waals surface area contributed by atoms with Crippen molar-refractivity contribution < 1.29 is 13.6 Å². The van der Waals surface area contributed by atoms with Crippen molar-refractivity contribution in [2.24, 2.45) is 0 Å². The quantitative estimate of drug-likeness (QED) is 0.790. The highest BCUT2D eigenvalue weighted by Gasteiger charge is 2.38. The van der Waals surface area contributed by atoms with Gasteiger partial charge in [0, 0.05) is 5.54 Å². The first-order valence-electron chi connectivity index (χ1n) is 9.82. The first-order chi connectivity index (χ1) is 13.3. The first-order valence-corrected chi connectivity index (χ1v) is 9.82. The Bertz CT molecular complexity index is 844. The van der Waals surface area contributed by atoms with E-state index in [2.05, 4.69) is 24.1 Å². The molecule has 1 fully saturated rings. The smallest absolute Gasteiger partial charge is 0.224 e. The zero-order valence-corrected chi connectivity index (χ0v) is 16.8. The van der Waals surface area contributed by atoms with Gasteiger partial charge in [-0.15, -0.1) is 0 Å². The molecule has 3 rings (SSSR count). The summed E-state index contributed by atoms with van der Waals surface area (Å²) in [6, 6.07) is 11.3. The SMILES string of the molecule is Cc1cccc(CC(=O)NC(c2ccc(F)c(F)c2)C(C)(C)N2CCCC2)c1. The van der Waals surface area contributed by atoms with E-state index in [1.165, 1.54) is 6.07 Å². The van der Waals surface area contributed by atoms with Gasteiger partial charge in [-0.05, 0) is 70.0 Å². The highest BCUT2D eigenvalue weighted by Crippen LogP contribution is 2.34. The number of hydrogen-bond acceptors (Lipinski definition) is 2. The van der Waals surface area contributed by atoms with Crippen molar-refractivity contribution in [1.29, 1.82) is 0 Å². The van der Waals surface area contributed by atoms with Gasteiger partial charge in [-0.1, -0.05) is 35.9 Å². The lowest BCUT2D eigenvalue weighted by molar-refractivity contribution is -0.122. The summed E-state index contributed by atoms with van der Waals surface area (Å²) in [6.45, 7) is 7.96. The Morgan fingerprint density at radius 3 is 2.46 bits per heavy atom. The lowest BCUT2D eigenvalue weighted by Gasteiger charge is -2.42. The molecule has 5 heteroatoms. The molecule has 1 N–H and O–H groups in total. The van der Waals surface area contributed by atoms with Crippen LogP contribution < -0.4 is 5.32 Å². The molecule has 1 atom stereocenters. The minimum atomic E-state index is -0.896. The van der Waals surface area contributed by atoms with E-state index in [1.54, 1.807) is 6.07 Å². The van der Waals surface area contributed by atoms with Crippen molar-refractivity contribution in [3.05, 3.63) is 70.8 Å². The minimum absolute atomic E-state index is 0.132. The highest BCUT2D eigenvalue weighted by molar-refractivity contribution is 5.79. The second kappa shape index (κ2) is 8.39. The van der Waals surface area contributed by atoms with Crippen LogP contribution in [0, 0.1) is 18.6 Å². The van der Waals surface area contributed by atoms with Crippen molar-refractivity contribution in [3.63, 3.8) is 0 Å². The third-order valence-corrected chi connectivity index (χ3v) is 5.66. The molecule has 150 valence electrons. The van der Waals surface area contributed by atoms with Crippen LogP contribution in [-0.4, -0.2) is 29.4 Å². The Hall–Kier alpha value is -2.27. The number of rotatable bonds is 6. The fraction of sp³-hybridized carbons (Fsp3) is 0.435. The second-order valence-corrected chi connectivity index (χ2v) is 8.19. The van der Waals surface area contributed by atoms with Crippen molar-refractivity contribution in [2.45, 2.75) is 51.6 Å². The molecule has 0 aliphatic carbocycles. The topological polar surface area (TPSA) is 32.3 Å². The van der Waals surface area contributed by atoms with Gasteiger partial charge in [0.15, 0.2) is 11.6 Å². The number of carbonyl (C=O) groups excluding carboxylic acids is 1. The van der Waals surface area contributed by atoms with Crippen LogP contribution in [0.3, 0.4) is 0 Å². The van der Waals surface area contributed by atoms with Crippen LogP contribution in [0.2, 0.25) is 0 Å². The first kappa shape index (κ1) is 20.5. The molecular formula is C23H28F2N2O. The maximum atomic E-state index is 13.9. The number of carbonyl (C=O) groups is 1. The summed E-state index contributed by atoms with van der Waals surface area (Å²) in [5.74, 6) is -1.91. The van der Waals surface area contributed by atoms with Crippen molar-refractivity contribution in [2.75, 3.05) is 13.1 Å². The molecule has 2 aromatic carbocycles. The van der Waals surface area contributed by atoms with E-state index >= 15 is 0 Å². The predicted octanol–water partition coefficient (Wildman–Crippen LogP) is 4.55. The van der Waals surface area contributed by atoms with Crippen LogP contribution in [0.15, 0.2) is 42.5 Å². The fourth-order valence-corrected chi connectivity index (χ4v) is 4.06. The normalized spacial score (nSPS) is 16.2. The molecule has 0 bridgehead atoms. The van der Waals surface area contributed by atoms with Gasteiger partial charge in [-0.25, -0.2) is 8.78 Å². The molecule has 0 spiro atoms. The van der Waals surface area contributed by atoms with Gasteiger partial charge in [0.05, 0.1) is 12.5 Å². The summed E-state index contributed by atoms with van der Waals surface area (Å²) < 4.78 is 27.4. The van der Waals surface area contributed by atoms with Gasteiger partial charge in [0.1, 0.15) is 0 Å². The van der Waals surface area contributed by atoms with Crippen LogP contribution in [-0.2, 0) is 11.2 Å². The Labute approximate surface area is 165 Å². The molecule has 1 unspecified atom stereocenters. The number of halogens is 2. The third kappa shape index (κ3) is 4.58.